The molecule has 9 nitrogen and oxygen atoms in total. The van der Waals surface area contributed by atoms with Crippen molar-refractivity contribution < 1.29 is 13.2 Å². The summed E-state index contributed by atoms with van der Waals surface area (Å²) >= 11 is 12.1. The van der Waals surface area contributed by atoms with Crippen molar-refractivity contribution in [2.75, 3.05) is 25.9 Å². The van der Waals surface area contributed by atoms with Crippen molar-refractivity contribution in [2.45, 2.75) is 36.2 Å². The molecule has 0 aliphatic carbocycles. The van der Waals surface area contributed by atoms with E-state index in [9.17, 15) is 13.2 Å². The van der Waals surface area contributed by atoms with E-state index in [1.165, 1.54) is 12.1 Å². The Kier molecular flexibility index (Phi) is 7.34. The second-order valence-electron chi connectivity index (χ2n) is 8.32. The molecule has 182 valence electrons. The van der Waals surface area contributed by atoms with Crippen molar-refractivity contribution in [3.8, 4) is 0 Å². The molecule has 1 aliphatic rings. The number of anilines is 1. The van der Waals surface area contributed by atoms with E-state index >= 15 is 0 Å². The minimum absolute atomic E-state index is 0.0221. The normalized spacial score (nSPS) is 16.1. The Morgan fingerprint density at radius 2 is 1.91 bits per heavy atom. The number of carbonyl (C=O) groups excluding carboxylic acids is 1. The van der Waals surface area contributed by atoms with E-state index in [4.69, 9.17) is 28.9 Å². The molecule has 0 spiro atoms. The predicted molar refractivity (Wildman–Crippen MR) is 133 cm³/mol. The first-order valence-electron chi connectivity index (χ1n) is 10.8. The Labute approximate surface area is 208 Å². The van der Waals surface area contributed by atoms with Gasteiger partial charge in [0, 0.05) is 19.1 Å². The van der Waals surface area contributed by atoms with Gasteiger partial charge >= 0.3 is 0 Å². The zero-order chi connectivity index (χ0) is 24.5. The molecule has 1 amide bonds. The first kappa shape index (κ1) is 24.7. The van der Waals surface area contributed by atoms with Gasteiger partial charge in [0.05, 0.1) is 38.0 Å². The average Bonchev–Trinajstić information content (AvgIpc) is 3.29. The zero-order valence-electron chi connectivity index (χ0n) is 18.5. The number of sulfonamides is 1. The van der Waals surface area contributed by atoms with Gasteiger partial charge in [-0.05, 0) is 56.1 Å². The molecule has 0 radical (unpaired) electrons. The predicted octanol–water partition coefficient (Wildman–Crippen LogP) is 2.55. The van der Waals surface area contributed by atoms with Crippen LogP contribution in [0.15, 0.2) is 41.6 Å². The van der Waals surface area contributed by atoms with Gasteiger partial charge in [0.1, 0.15) is 6.04 Å². The lowest BCUT2D eigenvalue weighted by atomic mass is 10.0. The van der Waals surface area contributed by atoms with Gasteiger partial charge in [-0.3, -0.25) is 4.79 Å². The number of nitrogens with zero attached hydrogens (tertiary/aromatic N) is 2. The molecule has 1 saturated heterocycles. The molecular weight excluding hydrogens is 499 g/mol. The van der Waals surface area contributed by atoms with Gasteiger partial charge in [0.2, 0.25) is 15.9 Å². The second-order valence-corrected chi connectivity index (χ2v) is 10.8. The van der Waals surface area contributed by atoms with E-state index in [-0.39, 0.29) is 33.0 Å². The van der Waals surface area contributed by atoms with Crippen LogP contribution in [0.5, 0.6) is 0 Å². The maximum absolute atomic E-state index is 13.5. The Morgan fingerprint density at radius 1 is 1.24 bits per heavy atom. The summed E-state index contributed by atoms with van der Waals surface area (Å²) < 4.78 is 29.1. The fourth-order valence-corrected chi connectivity index (χ4v) is 5.96. The maximum atomic E-state index is 13.5. The molecule has 34 heavy (non-hydrogen) atoms. The Hall–Kier alpha value is -2.37. The number of carbonyl (C=O) groups is 1. The van der Waals surface area contributed by atoms with E-state index in [1.54, 1.807) is 11.2 Å². The van der Waals surface area contributed by atoms with Crippen LogP contribution >= 0.6 is 23.2 Å². The highest BCUT2D eigenvalue weighted by Gasteiger charge is 2.32. The summed E-state index contributed by atoms with van der Waals surface area (Å²) in [4.78, 5) is 22.3. The molecule has 5 N–H and O–H groups in total. The van der Waals surface area contributed by atoms with Crippen LogP contribution in [0.2, 0.25) is 10.0 Å². The molecule has 12 heteroatoms. The van der Waals surface area contributed by atoms with Crippen molar-refractivity contribution >= 4 is 55.9 Å². The van der Waals surface area contributed by atoms with Gasteiger partial charge < -0.3 is 20.9 Å². The maximum Gasteiger partial charge on any atom is 0.241 e. The summed E-state index contributed by atoms with van der Waals surface area (Å²) in [5, 5.41) is 3.27. The van der Waals surface area contributed by atoms with Gasteiger partial charge in [0.15, 0.2) is 0 Å². The molecule has 1 fully saturated rings. The summed E-state index contributed by atoms with van der Waals surface area (Å²) in [5.74, 6) is -0.284. The van der Waals surface area contributed by atoms with Gasteiger partial charge in [-0.2, -0.15) is 4.72 Å². The molecule has 0 saturated carbocycles. The molecule has 4 rings (SSSR count). The van der Waals surface area contributed by atoms with E-state index in [1.807, 2.05) is 25.2 Å². The van der Waals surface area contributed by atoms with E-state index in [0.717, 1.165) is 29.4 Å². The highest BCUT2D eigenvalue weighted by molar-refractivity contribution is 7.89. The molecule has 0 bridgehead atoms. The molecule has 2 aromatic carbocycles. The van der Waals surface area contributed by atoms with Crippen LogP contribution in [-0.4, -0.2) is 61.4 Å². The van der Waals surface area contributed by atoms with Gasteiger partial charge in [-0.25, -0.2) is 13.4 Å². The molecule has 1 aliphatic heterocycles. The highest BCUT2D eigenvalue weighted by atomic mass is 35.5. The molecule has 1 aromatic heterocycles. The number of nitrogen functional groups attached to an aromatic ring is 1. The van der Waals surface area contributed by atoms with Gasteiger partial charge in [-0.1, -0.05) is 29.3 Å². The smallest absolute Gasteiger partial charge is 0.241 e. The summed E-state index contributed by atoms with van der Waals surface area (Å²) in [6, 6.07) is 7.29. The number of rotatable bonds is 7. The van der Waals surface area contributed by atoms with Crippen LogP contribution < -0.4 is 15.8 Å². The van der Waals surface area contributed by atoms with Gasteiger partial charge in [-0.15, -0.1) is 0 Å². The monoisotopic (exact) mass is 524 g/mol. The lowest BCUT2D eigenvalue weighted by Gasteiger charge is -2.34. The van der Waals surface area contributed by atoms with Crippen LogP contribution in [0.25, 0.3) is 11.0 Å². The summed E-state index contributed by atoms with van der Waals surface area (Å²) in [6.07, 6.45) is 3.33. The number of benzene rings is 2. The zero-order valence-corrected chi connectivity index (χ0v) is 20.8. The number of piperidine rings is 1. The number of hydrogen-bond donors (Lipinski definition) is 4. The van der Waals surface area contributed by atoms with E-state index < -0.39 is 16.1 Å². The number of aromatic nitrogens is 2. The van der Waals surface area contributed by atoms with Crippen molar-refractivity contribution in [2.24, 2.45) is 0 Å². The Bertz CT molecular complexity index is 1280. The fraction of sp³-hybridized carbons (Fsp3) is 0.364. The number of amides is 1. The van der Waals surface area contributed by atoms with Crippen LogP contribution in [0.4, 0.5) is 5.69 Å². The number of halogens is 2. The Morgan fingerprint density at radius 3 is 2.56 bits per heavy atom. The van der Waals surface area contributed by atoms with Gasteiger partial charge in [0.25, 0.3) is 0 Å². The third kappa shape index (κ3) is 5.31. The highest BCUT2D eigenvalue weighted by Crippen LogP contribution is 2.31. The number of nitrogens with one attached hydrogen (secondary N) is 3. The summed E-state index contributed by atoms with van der Waals surface area (Å²) in [6.45, 7) is 1.08. The first-order chi connectivity index (χ1) is 16.2. The number of imidazole rings is 1. The minimum Gasteiger partial charge on any atom is -0.396 e. The topological polar surface area (TPSA) is 133 Å². The minimum atomic E-state index is -4.13. The van der Waals surface area contributed by atoms with Crippen molar-refractivity contribution in [1.82, 2.24) is 24.9 Å². The van der Waals surface area contributed by atoms with E-state index in [2.05, 4.69) is 20.0 Å². The lowest BCUT2D eigenvalue weighted by molar-refractivity contribution is -0.134. The SMILES string of the molecule is CNC1CCN(C(=O)C(Cc2ccc3[nH]cnc3c2)NS(=O)(=O)c2cc(Cl)c(N)c(Cl)c2)CC1. The third-order valence-corrected chi connectivity index (χ3v) is 8.18. The fourth-order valence-electron chi connectivity index (χ4n) is 4.10. The summed E-state index contributed by atoms with van der Waals surface area (Å²) in [7, 11) is -2.23. The van der Waals surface area contributed by atoms with Crippen LogP contribution in [0.3, 0.4) is 0 Å². The molecular formula is C22H26Cl2N6O3S. The number of fused-ring (bicyclic) bond motifs is 1. The molecule has 3 aromatic rings. The average molecular weight is 525 g/mol. The molecule has 1 unspecified atom stereocenters. The van der Waals surface area contributed by atoms with Crippen molar-refractivity contribution in [1.29, 1.82) is 0 Å². The van der Waals surface area contributed by atoms with Crippen LogP contribution in [0.1, 0.15) is 18.4 Å². The van der Waals surface area contributed by atoms with Crippen molar-refractivity contribution in [3.63, 3.8) is 0 Å². The lowest BCUT2D eigenvalue weighted by Crippen LogP contribution is -2.53. The quantitative estimate of drug-likeness (QED) is 0.351. The standard InChI is InChI=1S/C22H26Cl2N6O3S/c1-26-14-4-6-30(7-5-14)22(31)20(9-13-2-3-18-19(8-13)28-12-27-18)29-34(32,33)15-10-16(23)21(25)17(24)11-15/h2-3,8,10-12,14,20,26,29H,4-7,9,25H2,1H3,(H,27,28). The number of H-pyrrole nitrogens is 1. The van der Waals surface area contributed by atoms with Crippen molar-refractivity contribution in [3.05, 3.63) is 52.3 Å². The molecule has 1 atom stereocenters. The summed E-state index contributed by atoms with van der Waals surface area (Å²) in [5.41, 5.74) is 8.21. The number of aromatic amines is 1. The van der Waals surface area contributed by atoms with Crippen LogP contribution in [0, 0.1) is 0 Å². The molecule has 2 heterocycles. The second kappa shape index (κ2) is 10.1. The third-order valence-electron chi connectivity index (χ3n) is 6.10. The first-order valence-corrected chi connectivity index (χ1v) is 13.1. The Balaban J connectivity index is 1.63. The van der Waals surface area contributed by atoms with E-state index in [0.29, 0.717) is 19.1 Å². The van der Waals surface area contributed by atoms with Crippen LogP contribution in [-0.2, 0) is 21.2 Å². The number of nitrogens with two attached hydrogens (primary N) is 1. The number of hydrogen-bond acceptors (Lipinski definition) is 6. The number of likely N-dealkylation sites (tertiary alicyclic amines) is 1. The largest absolute Gasteiger partial charge is 0.396 e.